The van der Waals surface area contributed by atoms with Crippen LogP contribution in [0.2, 0.25) is 0 Å². The number of carbonyl (C=O) groups excluding carboxylic acids is 1. The number of hydroxylamine groups is 1. The van der Waals surface area contributed by atoms with Gasteiger partial charge in [-0.25, -0.2) is 5.48 Å². The van der Waals surface area contributed by atoms with Crippen LogP contribution in [0.25, 0.3) is 0 Å². The van der Waals surface area contributed by atoms with Crippen molar-refractivity contribution in [2.75, 3.05) is 0 Å². The fraction of sp³-hybridized carbons (Fsp3) is 0.250. The number of nitrogens with one attached hydrogen (secondary N) is 1. The maximum absolute atomic E-state index is 11.3. The van der Waals surface area contributed by atoms with E-state index in [2.05, 4.69) is 32.6 Å². The van der Waals surface area contributed by atoms with Gasteiger partial charge in [-0.15, -0.1) is 6.58 Å². The Morgan fingerprint density at radius 3 is 2.17 bits per heavy atom. The molecule has 2 rings (SSSR count). The molecule has 0 saturated heterocycles. The lowest BCUT2D eigenvalue weighted by atomic mass is 9.87. The molecule has 2 aromatic carbocycles. The van der Waals surface area contributed by atoms with Crippen LogP contribution in [0.15, 0.2) is 61.2 Å². The average molecular weight is 325 g/mol. The zero-order valence-electron chi connectivity index (χ0n) is 14.0. The predicted octanol–water partition coefficient (Wildman–Crippen LogP) is 4.91. The Morgan fingerprint density at radius 1 is 1.12 bits per heavy atom. The third-order valence-electron chi connectivity index (χ3n) is 4.25. The molecule has 0 bridgehead atoms. The van der Waals surface area contributed by atoms with Gasteiger partial charge in [0, 0.05) is 5.56 Å². The van der Waals surface area contributed by atoms with Gasteiger partial charge in [0.1, 0.15) is 11.5 Å². The van der Waals surface area contributed by atoms with Crippen LogP contribution in [0.4, 0.5) is 0 Å². The van der Waals surface area contributed by atoms with E-state index >= 15 is 0 Å². The smallest absolute Gasteiger partial charge is 0.274 e. The maximum Gasteiger partial charge on any atom is 0.274 e. The number of hydrogen-bond acceptors (Lipinski definition) is 3. The highest BCUT2D eigenvalue weighted by atomic mass is 16.5. The number of hydrogen-bond donors (Lipinski definition) is 2. The van der Waals surface area contributed by atoms with Gasteiger partial charge in [0.25, 0.3) is 5.91 Å². The minimum atomic E-state index is -0.548. The third kappa shape index (κ3) is 4.46. The molecule has 0 radical (unpaired) electrons. The summed E-state index contributed by atoms with van der Waals surface area (Å²) < 4.78 is 5.78. The van der Waals surface area contributed by atoms with Gasteiger partial charge in [0.15, 0.2) is 0 Å². The summed E-state index contributed by atoms with van der Waals surface area (Å²) in [6.07, 6.45) is 2.95. The molecule has 0 aromatic heterocycles. The molecule has 0 fully saturated rings. The van der Waals surface area contributed by atoms with Crippen molar-refractivity contribution in [2.45, 2.75) is 26.2 Å². The minimum Gasteiger partial charge on any atom is -0.457 e. The van der Waals surface area contributed by atoms with Crippen molar-refractivity contribution in [1.29, 1.82) is 0 Å². The van der Waals surface area contributed by atoms with E-state index in [0.29, 0.717) is 23.1 Å². The normalized spacial score (nSPS) is 13.0. The molecule has 4 heteroatoms. The van der Waals surface area contributed by atoms with Crippen LogP contribution in [-0.2, 0) is 0 Å². The number of benzene rings is 2. The largest absolute Gasteiger partial charge is 0.457 e. The van der Waals surface area contributed by atoms with Crippen LogP contribution in [0.3, 0.4) is 0 Å². The fourth-order valence-electron chi connectivity index (χ4n) is 2.51. The van der Waals surface area contributed by atoms with Crippen molar-refractivity contribution in [3.05, 3.63) is 72.3 Å². The van der Waals surface area contributed by atoms with Gasteiger partial charge in [-0.2, -0.15) is 0 Å². The summed E-state index contributed by atoms with van der Waals surface area (Å²) in [6, 6.07) is 14.6. The minimum absolute atomic E-state index is 0.366. The first-order chi connectivity index (χ1) is 11.5. The number of rotatable bonds is 7. The number of allylic oxidation sites excluding steroid dienone is 1. The monoisotopic (exact) mass is 325 g/mol. The van der Waals surface area contributed by atoms with Gasteiger partial charge in [-0.1, -0.05) is 32.1 Å². The van der Waals surface area contributed by atoms with Gasteiger partial charge >= 0.3 is 0 Å². The van der Waals surface area contributed by atoms with Crippen molar-refractivity contribution in [2.24, 2.45) is 5.92 Å². The molecule has 0 heterocycles. The lowest BCUT2D eigenvalue weighted by Gasteiger charge is -2.19. The fourth-order valence-corrected chi connectivity index (χ4v) is 2.51. The Balaban J connectivity index is 2.03. The molecule has 4 nitrogen and oxygen atoms in total. The lowest BCUT2D eigenvalue weighted by Crippen LogP contribution is -2.18. The maximum atomic E-state index is 11.3. The predicted molar refractivity (Wildman–Crippen MR) is 94.6 cm³/mol. The van der Waals surface area contributed by atoms with Crippen molar-refractivity contribution < 1.29 is 14.7 Å². The Morgan fingerprint density at radius 2 is 1.67 bits per heavy atom. The zero-order valence-corrected chi connectivity index (χ0v) is 14.0. The Bertz CT molecular complexity index is 677. The molecule has 2 unspecified atom stereocenters. The molecule has 126 valence electrons. The van der Waals surface area contributed by atoms with Crippen LogP contribution in [0.1, 0.15) is 42.1 Å². The van der Waals surface area contributed by atoms with E-state index in [0.717, 1.165) is 12.2 Å². The third-order valence-corrected chi connectivity index (χ3v) is 4.25. The van der Waals surface area contributed by atoms with Crippen molar-refractivity contribution in [1.82, 2.24) is 5.48 Å². The average Bonchev–Trinajstić information content (AvgIpc) is 2.62. The second-order valence-corrected chi connectivity index (χ2v) is 5.93. The molecule has 2 aromatic rings. The highest BCUT2D eigenvalue weighted by Gasteiger charge is 2.13. The van der Waals surface area contributed by atoms with E-state index in [1.807, 2.05) is 18.2 Å². The second-order valence-electron chi connectivity index (χ2n) is 5.93. The van der Waals surface area contributed by atoms with Crippen molar-refractivity contribution >= 4 is 5.91 Å². The van der Waals surface area contributed by atoms with Crippen LogP contribution in [0, 0.1) is 5.92 Å². The number of carbonyl (C=O) groups is 1. The summed E-state index contributed by atoms with van der Waals surface area (Å²) in [4.78, 5) is 11.3. The summed E-state index contributed by atoms with van der Waals surface area (Å²) in [5.74, 6) is 1.81. The van der Waals surface area contributed by atoms with Gasteiger partial charge in [0.2, 0.25) is 0 Å². The van der Waals surface area contributed by atoms with Gasteiger partial charge in [-0.3, -0.25) is 10.0 Å². The first-order valence-corrected chi connectivity index (χ1v) is 7.98. The highest BCUT2D eigenvalue weighted by Crippen LogP contribution is 2.29. The summed E-state index contributed by atoms with van der Waals surface area (Å²) in [5, 5.41) is 8.60. The molecule has 1 amide bonds. The molecule has 2 atom stereocenters. The van der Waals surface area contributed by atoms with E-state index in [9.17, 15) is 4.79 Å². The van der Waals surface area contributed by atoms with E-state index < -0.39 is 5.91 Å². The lowest BCUT2D eigenvalue weighted by molar-refractivity contribution is 0.0706. The molecule has 0 aliphatic rings. The van der Waals surface area contributed by atoms with Gasteiger partial charge in [0.05, 0.1) is 0 Å². The highest BCUT2D eigenvalue weighted by molar-refractivity contribution is 5.93. The molecule has 0 aliphatic heterocycles. The van der Waals surface area contributed by atoms with E-state index in [-0.39, 0.29) is 0 Å². The van der Waals surface area contributed by atoms with Crippen molar-refractivity contribution in [3.8, 4) is 11.5 Å². The molecule has 2 N–H and O–H groups in total. The molecule has 0 saturated carbocycles. The summed E-state index contributed by atoms with van der Waals surface area (Å²) in [5.41, 5.74) is 3.24. The molecule has 24 heavy (non-hydrogen) atoms. The Kier molecular flexibility index (Phi) is 6.15. The van der Waals surface area contributed by atoms with E-state index in [4.69, 9.17) is 9.94 Å². The van der Waals surface area contributed by atoms with E-state index in [1.54, 1.807) is 29.7 Å². The van der Waals surface area contributed by atoms with Gasteiger partial charge in [-0.05, 0) is 60.2 Å². The first-order valence-electron chi connectivity index (χ1n) is 7.98. The topological polar surface area (TPSA) is 58.6 Å². The number of ether oxygens (including phenoxy) is 1. The molecule has 0 spiro atoms. The first kappa shape index (κ1) is 17.8. The van der Waals surface area contributed by atoms with Crippen LogP contribution in [-0.4, -0.2) is 11.1 Å². The van der Waals surface area contributed by atoms with Crippen molar-refractivity contribution in [3.63, 3.8) is 0 Å². The van der Waals surface area contributed by atoms with Crippen LogP contribution in [0.5, 0.6) is 11.5 Å². The molecule has 0 aliphatic carbocycles. The quantitative estimate of drug-likeness (QED) is 0.432. The summed E-state index contributed by atoms with van der Waals surface area (Å²) in [6.45, 7) is 8.24. The standard InChI is InChI=1S/C20H23NO3/c1-4-5-14(2)15(3)16-6-10-18(11-7-16)24-19-12-8-17(9-13-19)20(22)21-23/h4,6-15,23H,1,5H2,2-3H3,(H,21,22). The molecular formula is C20H23NO3. The van der Waals surface area contributed by atoms with Gasteiger partial charge < -0.3 is 4.74 Å². The summed E-state index contributed by atoms with van der Waals surface area (Å²) >= 11 is 0. The Hall–Kier alpha value is -2.59. The second kappa shape index (κ2) is 8.31. The Labute approximate surface area is 142 Å². The molecular weight excluding hydrogens is 302 g/mol. The number of amides is 1. The van der Waals surface area contributed by atoms with Crippen LogP contribution >= 0.6 is 0 Å². The van der Waals surface area contributed by atoms with Crippen LogP contribution < -0.4 is 10.2 Å². The summed E-state index contributed by atoms with van der Waals surface area (Å²) in [7, 11) is 0. The SMILES string of the molecule is C=CCC(C)C(C)c1ccc(Oc2ccc(C(=O)NO)cc2)cc1. The van der Waals surface area contributed by atoms with E-state index in [1.165, 1.54) is 5.56 Å². The zero-order chi connectivity index (χ0) is 17.5.